The molecule has 0 aliphatic carbocycles. The Morgan fingerprint density at radius 1 is 0.926 bits per heavy atom. The third-order valence-corrected chi connectivity index (χ3v) is 5.99. The lowest BCUT2D eigenvalue weighted by Crippen LogP contribution is -2.60. The van der Waals surface area contributed by atoms with Crippen LogP contribution in [-0.2, 0) is 16.9 Å². The third-order valence-electron chi connectivity index (χ3n) is 5.99. The zero-order chi connectivity index (χ0) is 18.3. The zero-order valence-corrected chi connectivity index (χ0v) is 15.3. The van der Waals surface area contributed by atoms with E-state index in [9.17, 15) is 5.11 Å². The summed E-state index contributed by atoms with van der Waals surface area (Å²) in [6.07, 6.45) is 1.33. The average molecular weight is 367 g/mol. The smallest absolute Gasteiger partial charge is 0.161 e. The highest BCUT2D eigenvalue weighted by Crippen LogP contribution is 2.44. The molecule has 5 heteroatoms. The first-order valence-electron chi connectivity index (χ1n) is 9.71. The van der Waals surface area contributed by atoms with E-state index in [0.717, 1.165) is 23.6 Å². The first-order valence-corrected chi connectivity index (χ1v) is 9.71. The van der Waals surface area contributed by atoms with Crippen LogP contribution in [-0.4, -0.2) is 48.5 Å². The van der Waals surface area contributed by atoms with E-state index in [-0.39, 0.29) is 12.1 Å². The average Bonchev–Trinajstić information content (AvgIpc) is 2.69. The molecule has 2 aromatic rings. The van der Waals surface area contributed by atoms with E-state index in [4.69, 9.17) is 14.2 Å². The SMILES string of the molecule is OC1(c2ccc3c(c2)OCCO3)CC2COCC(C1)N2Cc1ccccc1. The van der Waals surface area contributed by atoms with Crippen LogP contribution in [0.4, 0.5) is 0 Å². The summed E-state index contributed by atoms with van der Waals surface area (Å²) in [5, 5.41) is 11.6. The van der Waals surface area contributed by atoms with Gasteiger partial charge in [-0.2, -0.15) is 0 Å². The number of aliphatic hydroxyl groups is 1. The van der Waals surface area contributed by atoms with Gasteiger partial charge in [0.2, 0.25) is 0 Å². The Labute approximate surface area is 159 Å². The van der Waals surface area contributed by atoms with Gasteiger partial charge in [0.05, 0.1) is 18.8 Å². The standard InChI is InChI=1S/C22H25NO4/c24-22(17-6-7-20-21(10-17)27-9-8-26-20)11-18-14-25-15-19(12-22)23(18)13-16-4-2-1-3-5-16/h1-7,10,18-19,24H,8-9,11-15H2. The third kappa shape index (κ3) is 3.20. The predicted molar refractivity (Wildman–Crippen MR) is 101 cm³/mol. The van der Waals surface area contributed by atoms with Gasteiger partial charge in [0.15, 0.2) is 11.5 Å². The number of benzene rings is 2. The molecule has 3 aliphatic heterocycles. The number of nitrogens with zero attached hydrogens (tertiary/aromatic N) is 1. The van der Waals surface area contributed by atoms with Gasteiger partial charge in [-0.25, -0.2) is 0 Å². The highest BCUT2D eigenvalue weighted by molar-refractivity contribution is 5.45. The molecule has 0 saturated carbocycles. The van der Waals surface area contributed by atoms with Crippen molar-refractivity contribution in [3.05, 3.63) is 59.7 Å². The van der Waals surface area contributed by atoms with Crippen LogP contribution >= 0.6 is 0 Å². The molecule has 27 heavy (non-hydrogen) atoms. The van der Waals surface area contributed by atoms with Gasteiger partial charge in [-0.05, 0) is 36.1 Å². The van der Waals surface area contributed by atoms with Crippen LogP contribution in [0.2, 0.25) is 0 Å². The molecule has 1 N–H and O–H groups in total. The first-order chi connectivity index (χ1) is 13.2. The molecule has 2 aromatic carbocycles. The van der Waals surface area contributed by atoms with E-state index < -0.39 is 5.60 Å². The van der Waals surface area contributed by atoms with Crippen molar-refractivity contribution in [3.63, 3.8) is 0 Å². The van der Waals surface area contributed by atoms with Crippen molar-refractivity contribution < 1.29 is 19.3 Å². The fourth-order valence-electron chi connectivity index (χ4n) is 4.67. The number of piperidine rings is 1. The lowest BCUT2D eigenvalue weighted by molar-refractivity contribution is -0.149. The fourth-order valence-corrected chi connectivity index (χ4v) is 4.67. The fraction of sp³-hybridized carbons (Fsp3) is 0.455. The molecule has 5 rings (SSSR count). The lowest BCUT2D eigenvalue weighted by atomic mass is 9.76. The van der Waals surface area contributed by atoms with Crippen molar-refractivity contribution in [2.75, 3.05) is 26.4 Å². The minimum Gasteiger partial charge on any atom is -0.486 e. The summed E-state index contributed by atoms with van der Waals surface area (Å²) in [6.45, 7) is 3.36. The molecule has 2 bridgehead atoms. The number of hydrogen-bond acceptors (Lipinski definition) is 5. The Balaban J connectivity index is 1.40. The second-order valence-corrected chi connectivity index (χ2v) is 7.80. The maximum absolute atomic E-state index is 11.6. The van der Waals surface area contributed by atoms with E-state index in [1.54, 1.807) is 0 Å². The van der Waals surface area contributed by atoms with Crippen molar-refractivity contribution in [1.29, 1.82) is 0 Å². The Morgan fingerprint density at radius 3 is 2.37 bits per heavy atom. The van der Waals surface area contributed by atoms with Crippen LogP contribution in [0, 0.1) is 0 Å². The van der Waals surface area contributed by atoms with E-state index in [0.29, 0.717) is 39.3 Å². The van der Waals surface area contributed by atoms with E-state index in [1.165, 1.54) is 5.56 Å². The van der Waals surface area contributed by atoms with Crippen LogP contribution in [0.3, 0.4) is 0 Å². The number of fused-ring (bicyclic) bond motifs is 3. The van der Waals surface area contributed by atoms with Gasteiger partial charge >= 0.3 is 0 Å². The summed E-state index contributed by atoms with van der Waals surface area (Å²) in [5.41, 5.74) is 1.37. The first kappa shape index (κ1) is 17.0. The second-order valence-electron chi connectivity index (χ2n) is 7.80. The molecule has 2 unspecified atom stereocenters. The maximum atomic E-state index is 11.6. The minimum atomic E-state index is -0.859. The monoisotopic (exact) mass is 367 g/mol. The van der Waals surface area contributed by atoms with Crippen LogP contribution in [0.15, 0.2) is 48.5 Å². The van der Waals surface area contributed by atoms with Crippen molar-refractivity contribution >= 4 is 0 Å². The van der Waals surface area contributed by atoms with Gasteiger partial charge in [0.1, 0.15) is 13.2 Å². The number of morpholine rings is 1. The van der Waals surface area contributed by atoms with Crippen molar-refractivity contribution in [2.24, 2.45) is 0 Å². The van der Waals surface area contributed by atoms with Crippen LogP contribution in [0.25, 0.3) is 0 Å². The van der Waals surface area contributed by atoms with Gasteiger partial charge in [0, 0.05) is 18.6 Å². The topological polar surface area (TPSA) is 51.2 Å². The summed E-state index contributed by atoms with van der Waals surface area (Å²) in [7, 11) is 0. The Morgan fingerprint density at radius 2 is 1.63 bits per heavy atom. The maximum Gasteiger partial charge on any atom is 0.161 e. The van der Waals surface area contributed by atoms with E-state index in [1.807, 2.05) is 24.3 Å². The van der Waals surface area contributed by atoms with Crippen molar-refractivity contribution in [3.8, 4) is 11.5 Å². The Hall–Kier alpha value is -2.08. The van der Waals surface area contributed by atoms with Crippen molar-refractivity contribution in [1.82, 2.24) is 4.90 Å². The molecular weight excluding hydrogens is 342 g/mol. The molecule has 0 spiro atoms. The van der Waals surface area contributed by atoms with Crippen molar-refractivity contribution in [2.45, 2.75) is 37.1 Å². The zero-order valence-electron chi connectivity index (χ0n) is 15.3. The number of hydrogen-bond donors (Lipinski definition) is 1. The molecule has 142 valence electrons. The molecule has 2 fully saturated rings. The number of rotatable bonds is 3. The number of ether oxygens (including phenoxy) is 3. The largest absolute Gasteiger partial charge is 0.486 e. The molecular formula is C22H25NO4. The second kappa shape index (κ2) is 6.82. The minimum absolute atomic E-state index is 0.205. The highest BCUT2D eigenvalue weighted by Gasteiger charge is 2.47. The molecule has 3 heterocycles. The Kier molecular flexibility index (Phi) is 4.31. The van der Waals surface area contributed by atoms with Gasteiger partial charge in [-0.3, -0.25) is 4.90 Å². The molecule has 5 nitrogen and oxygen atoms in total. The predicted octanol–water partition coefficient (Wildman–Crippen LogP) is 2.71. The molecule has 2 atom stereocenters. The summed E-state index contributed by atoms with van der Waals surface area (Å²) in [6, 6.07) is 16.8. The summed E-state index contributed by atoms with van der Waals surface area (Å²) in [4.78, 5) is 2.51. The molecule has 3 aliphatic rings. The quantitative estimate of drug-likeness (QED) is 0.904. The summed E-state index contributed by atoms with van der Waals surface area (Å²) < 4.78 is 17.2. The van der Waals surface area contributed by atoms with Gasteiger partial charge in [-0.1, -0.05) is 36.4 Å². The van der Waals surface area contributed by atoms with Gasteiger partial charge in [0.25, 0.3) is 0 Å². The molecule has 0 radical (unpaired) electrons. The van der Waals surface area contributed by atoms with Gasteiger partial charge < -0.3 is 19.3 Å². The van der Waals surface area contributed by atoms with Crippen LogP contribution in [0.1, 0.15) is 24.0 Å². The van der Waals surface area contributed by atoms with E-state index in [2.05, 4.69) is 29.2 Å². The van der Waals surface area contributed by atoms with Gasteiger partial charge in [-0.15, -0.1) is 0 Å². The molecule has 0 aromatic heterocycles. The normalized spacial score (nSPS) is 30.1. The lowest BCUT2D eigenvalue weighted by Gasteiger charge is -2.52. The Bertz CT molecular complexity index is 795. The van der Waals surface area contributed by atoms with Crippen LogP contribution < -0.4 is 9.47 Å². The van der Waals surface area contributed by atoms with Crippen LogP contribution in [0.5, 0.6) is 11.5 Å². The van der Waals surface area contributed by atoms with E-state index >= 15 is 0 Å². The molecule has 0 amide bonds. The summed E-state index contributed by atoms with van der Waals surface area (Å²) in [5.74, 6) is 1.50. The summed E-state index contributed by atoms with van der Waals surface area (Å²) >= 11 is 0. The highest BCUT2D eigenvalue weighted by atomic mass is 16.6. The molecule has 2 saturated heterocycles.